The summed E-state index contributed by atoms with van der Waals surface area (Å²) in [5.41, 5.74) is 0. The fourth-order valence-electron chi connectivity index (χ4n) is 2.59. The summed E-state index contributed by atoms with van der Waals surface area (Å²) in [5.74, 6) is 0.821. The first-order valence-electron chi connectivity index (χ1n) is 7.77. The summed E-state index contributed by atoms with van der Waals surface area (Å²) >= 11 is 1.92. The lowest BCUT2D eigenvalue weighted by molar-refractivity contribution is -0.131. The first-order chi connectivity index (χ1) is 9.70. The second-order valence-corrected chi connectivity index (χ2v) is 6.82. The van der Waals surface area contributed by atoms with Gasteiger partial charge in [-0.3, -0.25) is 4.79 Å². The molecule has 0 aromatic carbocycles. The summed E-state index contributed by atoms with van der Waals surface area (Å²) in [5, 5.41) is 3.28. The van der Waals surface area contributed by atoms with Crippen molar-refractivity contribution in [2.75, 3.05) is 26.2 Å². The fourth-order valence-corrected chi connectivity index (χ4v) is 3.79. The zero-order chi connectivity index (χ0) is 14.4. The van der Waals surface area contributed by atoms with E-state index in [1.165, 1.54) is 22.6 Å². The molecule has 1 N–H and O–H groups in total. The molecule has 0 saturated carbocycles. The third-order valence-electron chi connectivity index (χ3n) is 3.93. The molecule has 1 aromatic heterocycles. The molecule has 1 fully saturated rings. The zero-order valence-corrected chi connectivity index (χ0v) is 13.5. The summed E-state index contributed by atoms with van der Waals surface area (Å²) in [7, 11) is 0. The molecule has 3 nitrogen and oxygen atoms in total. The first-order valence-corrected chi connectivity index (χ1v) is 8.59. The Hall–Kier alpha value is -0.870. The fraction of sp³-hybridized carbons (Fsp3) is 0.688. The molecule has 4 heteroatoms. The van der Waals surface area contributed by atoms with Gasteiger partial charge in [0.2, 0.25) is 5.91 Å². The normalized spacial score (nSPS) is 17.2. The number of carbonyl (C=O) groups excluding carboxylic acids is 1. The van der Waals surface area contributed by atoms with E-state index in [9.17, 15) is 4.79 Å². The van der Waals surface area contributed by atoms with Crippen LogP contribution >= 0.6 is 11.3 Å². The monoisotopic (exact) mass is 294 g/mol. The average Bonchev–Trinajstić information content (AvgIpc) is 2.94. The summed E-state index contributed by atoms with van der Waals surface area (Å²) < 4.78 is 0. The molecule has 1 aliphatic rings. The van der Waals surface area contributed by atoms with E-state index in [4.69, 9.17) is 0 Å². The topological polar surface area (TPSA) is 32.3 Å². The van der Waals surface area contributed by atoms with Crippen molar-refractivity contribution in [1.82, 2.24) is 10.2 Å². The van der Waals surface area contributed by atoms with Crippen LogP contribution in [0.5, 0.6) is 0 Å². The molecule has 0 bridgehead atoms. The van der Waals surface area contributed by atoms with E-state index < -0.39 is 0 Å². The van der Waals surface area contributed by atoms with Crippen molar-refractivity contribution in [3.8, 4) is 0 Å². The number of hydrogen-bond acceptors (Lipinski definition) is 3. The van der Waals surface area contributed by atoms with Crippen LogP contribution in [-0.4, -0.2) is 37.0 Å². The number of amides is 1. The smallest absolute Gasteiger partial charge is 0.222 e. The van der Waals surface area contributed by atoms with Crippen molar-refractivity contribution in [2.24, 2.45) is 0 Å². The third-order valence-corrected chi connectivity index (χ3v) is 5.30. The van der Waals surface area contributed by atoms with Crippen molar-refractivity contribution in [3.05, 3.63) is 21.9 Å². The number of nitrogens with one attached hydrogen (secondary N) is 1. The van der Waals surface area contributed by atoms with Crippen molar-refractivity contribution in [1.29, 1.82) is 0 Å². The van der Waals surface area contributed by atoms with Crippen LogP contribution in [0.25, 0.3) is 0 Å². The van der Waals surface area contributed by atoms with Crippen LogP contribution in [0.4, 0.5) is 0 Å². The van der Waals surface area contributed by atoms with Gasteiger partial charge in [0.1, 0.15) is 0 Å². The molecule has 2 rings (SSSR count). The Balaban J connectivity index is 1.78. The predicted molar refractivity (Wildman–Crippen MR) is 85.4 cm³/mol. The van der Waals surface area contributed by atoms with Gasteiger partial charge in [-0.1, -0.05) is 20.3 Å². The van der Waals surface area contributed by atoms with Crippen LogP contribution in [0.15, 0.2) is 12.1 Å². The molecule has 1 atom stereocenters. The van der Waals surface area contributed by atoms with Gasteiger partial charge >= 0.3 is 0 Å². The minimum atomic E-state index is 0.323. The summed E-state index contributed by atoms with van der Waals surface area (Å²) in [6.45, 7) is 8.07. The molecular weight excluding hydrogens is 268 g/mol. The van der Waals surface area contributed by atoms with Gasteiger partial charge in [0.25, 0.3) is 0 Å². The Kier molecular flexibility index (Phi) is 6.05. The van der Waals surface area contributed by atoms with E-state index in [1.54, 1.807) is 0 Å². The molecule has 1 aromatic rings. The lowest BCUT2D eigenvalue weighted by Crippen LogP contribution is -2.46. The zero-order valence-electron chi connectivity index (χ0n) is 12.7. The van der Waals surface area contributed by atoms with Crippen LogP contribution < -0.4 is 5.32 Å². The van der Waals surface area contributed by atoms with E-state index in [-0.39, 0.29) is 0 Å². The van der Waals surface area contributed by atoms with Crippen LogP contribution in [0.2, 0.25) is 0 Å². The van der Waals surface area contributed by atoms with Crippen LogP contribution in [0.3, 0.4) is 0 Å². The van der Waals surface area contributed by atoms with E-state index in [1.807, 2.05) is 16.2 Å². The summed E-state index contributed by atoms with van der Waals surface area (Å²) in [6.07, 6.45) is 4.03. The molecule has 0 spiro atoms. The number of aryl methyl sites for hydroxylation is 1. The Bertz CT molecular complexity index is 424. The van der Waals surface area contributed by atoms with Gasteiger partial charge < -0.3 is 10.2 Å². The highest BCUT2D eigenvalue weighted by Crippen LogP contribution is 2.28. The van der Waals surface area contributed by atoms with Crippen molar-refractivity contribution in [3.63, 3.8) is 0 Å². The number of nitrogens with zero attached hydrogens (tertiary/aromatic N) is 1. The van der Waals surface area contributed by atoms with Gasteiger partial charge in [0.15, 0.2) is 0 Å². The second-order valence-electron chi connectivity index (χ2n) is 5.62. The first kappa shape index (κ1) is 15.5. The minimum absolute atomic E-state index is 0.323. The highest BCUT2D eigenvalue weighted by atomic mass is 32.1. The van der Waals surface area contributed by atoms with Crippen molar-refractivity contribution in [2.45, 2.75) is 45.4 Å². The van der Waals surface area contributed by atoms with E-state index in [2.05, 4.69) is 31.3 Å². The molecule has 112 valence electrons. The van der Waals surface area contributed by atoms with Gasteiger partial charge in [-0.25, -0.2) is 0 Å². The van der Waals surface area contributed by atoms with E-state index in [0.29, 0.717) is 18.2 Å². The standard InChI is InChI=1S/C16H26N2OS/c1-3-4-14-6-7-15(20-14)13(2)5-8-16(19)18-11-9-17-10-12-18/h6-7,13,17H,3-5,8-12H2,1-2H3. The number of hydrogen-bond donors (Lipinski definition) is 1. The SMILES string of the molecule is CCCc1ccc(C(C)CCC(=O)N2CCNCC2)s1. The number of rotatable bonds is 6. The maximum absolute atomic E-state index is 12.1. The van der Waals surface area contributed by atoms with Crippen molar-refractivity contribution >= 4 is 17.2 Å². The maximum Gasteiger partial charge on any atom is 0.222 e. The van der Waals surface area contributed by atoms with E-state index in [0.717, 1.165) is 32.6 Å². The van der Waals surface area contributed by atoms with Crippen LogP contribution in [0.1, 0.15) is 48.8 Å². The lowest BCUT2D eigenvalue weighted by Gasteiger charge is -2.27. The minimum Gasteiger partial charge on any atom is -0.340 e. The highest BCUT2D eigenvalue weighted by Gasteiger charge is 2.17. The van der Waals surface area contributed by atoms with E-state index >= 15 is 0 Å². The molecule has 0 radical (unpaired) electrons. The molecule has 1 unspecified atom stereocenters. The molecule has 2 heterocycles. The van der Waals surface area contributed by atoms with Crippen LogP contribution in [-0.2, 0) is 11.2 Å². The number of carbonyl (C=O) groups is 1. The Labute approximate surface area is 126 Å². The summed E-state index contributed by atoms with van der Waals surface area (Å²) in [4.78, 5) is 17.1. The van der Waals surface area contributed by atoms with Crippen molar-refractivity contribution < 1.29 is 4.79 Å². The predicted octanol–water partition coefficient (Wildman–Crippen LogP) is 3.02. The molecule has 1 aliphatic heterocycles. The van der Waals surface area contributed by atoms with Crippen LogP contribution in [0, 0.1) is 0 Å². The van der Waals surface area contributed by atoms with Gasteiger partial charge in [0.05, 0.1) is 0 Å². The van der Waals surface area contributed by atoms with Gasteiger partial charge in [-0.15, -0.1) is 11.3 Å². The molecule has 1 amide bonds. The molecular formula is C16H26N2OS. The largest absolute Gasteiger partial charge is 0.340 e. The highest BCUT2D eigenvalue weighted by molar-refractivity contribution is 7.12. The number of thiophene rings is 1. The summed E-state index contributed by atoms with van der Waals surface area (Å²) in [6, 6.07) is 4.49. The molecule has 20 heavy (non-hydrogen) atoms. The average molecular weight is 294 g/mol. The van der Waals surface area contributed by atoms with Gasteiger partial charge in [-0.2, -0.15) is 0 Å². The Morgan fingerprint density at radius 2 is 2.15 bits per heavy atom. The second kappa shape index (κ2) is 7.79. The van der Waals surface area contributed by atoms with Gasteiger partial charge in [-0.05, 0) is 30.9 Å². The number of piperazine rings is 1. The molecule has 0 aliphatic carbocycles. The van der Waals surface area contributed by atoms with Gasteiger partial charge in [0, 0.05) is 42.4 Å². The third kappa shape index (κ3) is 4.32. The maximum atomic E-state index is 12.1. The Morgan fingerprint density at radius 1 is 1.40 bits per heavy atom. The Morgan fingerprint density at radius 3 is 2.85 bits per heavy atom. The lowest BCUT2D eigenvalue weighted by atomic mass is 10.0. The quantitative estimate of drug-likeness (QED) is 0.874. The molecule has 1 saturated heterocycles.